The van der Waals surface area contributed by atoms with Crippen molar-refractivity contribution in [2.24, 2.45) is 0 Å². The first-order valence-electron chi connectivity index (χ1n) is 6.31. The van der Waals surface area contributed by atoms with Gasteiger partial charge in [0.05, 0.1) is 0 Å². The zero-order valence-corrected chi connectivity index (χ0v) is 11.2. The zero-order valence-electron chi connectivity index (χ0n) is 11.2. The Morgan fingerprint density at radius 3 is 2.47 bits per heavy atom. The molecule has 0 radical (unpaired) electrons. The third-order valence-electron chi connectivity index (χ3n) is 2.98. The standard InChI is InChI=1S/C15H17N3O/c1-3-18(11-13-6-8-16-9-7-13)15-5-4-14(10-17-15)12(2)19/h4-10H,3,11H2,1-2H3. The Kier molecular flexibility index (Phi) is 4.23. The number of carbonyl (C=O) groups excluding carboxylic acids is 1. The molecule has 0 bridgehead atoms. The molecule has 0 unspecified atom stereocenters. The van der Waals surface area contributed by atoms with Crippen molar-refractivity contribution in [3.63, 3.8) is 0 Å². The number of pyridine rings is 2. The predicted molar refractivity (Wildman–Crippen MR) is 75.2 cm³/mol. The molecule has 2 aromatic rings. The molecule has 0 amide bonds. The maximum absolute atomic E-state index is 11.2. The van der Waals surface area contributed by atoms with Crippen molar-refractivity contribution >= 4 is 11.6 Å². The van der Waals surface area contributed by atoms with Gasteiger partial charge in [-0.05, 0) is 43.7 Å². The maximum atomic E-state index is 11.2. The smallest absolute Gasteiger partial charge is 0.161 e. The van der Waals surface area contributed by atoms with E-state index in [1.807, 2.05) is 24.3 Å². The molecule has 0 atom stereocenters. The lowest BCUT2D eigenvalue weighted by Gasteiger charge is -2.22. The summed E-state index contributed by atoms with van der Waals surface area (Å²) in [6.45, 7) is 5.27. The van der Waals surface area contributed by atoms with Crippen LogP contribution in [-0.2, 0) is 6.54 Å². The Hall–Kier alpha value is -2.23. The van der Waals surface area contributed by atoms with Gasteiger partial charge in [0, 0.05) is 37.2 Å². The van der Waals surface area contributed by atoms with Crippen LogP contribution in [0.25, 0.3) is 0 Å². The number of ketones is 1. The Labute approximate surface area is 113 Å². The summed E-state index contributed by atoms with van der Waals surface area (Å²) in [5.74, 6) is 0.917. The van der Waals surface area contributed by atoms with Gasteiger partial charge in [-0.25, -0.2) is 4.98 Å². The van der Waals surface area contributed by atoms with Crippen molar-refractivity contribution in [3.8, 4) is 0 Å². The summed E-state index contributed by atoms with van der Waals surface area (Å²) in [7, 11) is 0. The molecule has 0 aromatic carbocycles. The monoisotopic (exact) mass is 255 g/mol. The average molecular weight is 255 g/mol. The molecule has 98 valence electrons. The van der Waals surface area contributed by atoms with Crippen LogP contribution >= 0.6 is 0 Å². The molecule has 0 spiro atoms. The van der Waals surface area contributed by atoms with Crippen LogP contribution < -0.4 is 4.90 Å². The fraction of sp³-hybridized carbons (Fsp3) is 0.267. The van der Waals surface area contributed by atoms with Crippen molar-refractivity contribution < 1.29 is 4.79 Å². The third kappa shape index (κ3) is 3.37. The van der Waals surface area contributed by atoms with E-state index in [9.17, 15) is 4.79 Å². The second-order valence-electron chi connectivity index (χ2n) is 4.33. The minimum absolute atomic E-state index is 0.0382. The van der Waals surface area contributed by atoms with Crippen LogP contribution in [-0.4, -0.2) is 22.3 Å². The number of nitrogens with zero attached hydrogens (tertiary/aromatic N) is 3. The molecule has 0 aliphatic heterocycles. The molecule has 19 heavy (non-hydrogen) atoms. The number of Topliss-reactive ketones (excluding diaryl/α,β-unsaturated/α-hetero) is 1. The first kappa shape index (κ1) is 13.2. The van der Waals surface area contributed by atoms with Crippen LogP contribution in [0.2, 0.25) is 0 Å². The lowest BCUT2D eigenvalue weighted by atomic mass is 10.2. The topological polar surface area (TPSA) is 46.1 Å². The summed E-state index contributed by atoms with van der Waals surface area (Å²) >= 11 is 0. The first-order chi connectivity index (χ1) is 9.20. The number of hydrogen-bond donors (Lipinski definition) is 0. The number of carbonyl (C=O) groups is 1. The molecule has 0 aliphatic carbocycles. The summed E-state index contributed by atoms with van der Waals surface area (Å²) in [6, 6.07) is 7.69. The Morgan fingerprint density at radius 1 is 1.21 bits per heavy atom. The Bertz CT molecular complexity index is 537. The van der Waals surface area contributed by atoms with Gasteiger partial charge in [0.2, 0.25) is 0 Å². The largest absolute Gasteiger partial charge is 0.353 e. The van der Waals surface area contributed by atoms with Crippen LogP contribution in [0.4, 0.5) is 5.82 Å². The lowest BCUT2D eigenvalue weighted by molar-refractivity contribution is 0.101. The number of rotatable bonds is 5. The summed E-state index contributed by atoms with van der Waals surface area (Å²) in [5.41, 5.74) is 1.83. The summed E-state index contributed by atoms with van der Waals surface area (Å²) in [6.07, 6.45) is 5.21. The lowest BCUT2D eigenvalue weighted by Crippen LogP contribution is -2.23. The van der Waals surface area contributed by atoms with Crippen LogP contribution in [0.3, 0.4) is 0 Å². The molecular formula is C15H17N3O. The second-order valence-corrected chi connectivity index (χ2v) is 4.33. The highest BCUT2D eigenvalue weighted by Crippen LogP contribution is 2.14. The molecule has 0 fully saturated rings. The molecule has 0 saturated carbocycles. The van der Waals surface area contributed by atoms with E-state index in [-0.39, 0.29) is 5.78 Å². The van der Waals surface area contributed by atoms with Gasteiger partial charge in [0.1, 0.15) is 5.82 Å². The van der Waals surface area contributed by atoms with Gasteiger partial charge in [-0.2, -0.15) is 0 Å². The molecule has 2 heterocycles. The van der Waals surface area contributed by atoms with E-state index in [2.05, 4.69) is 21.8 Å². The van der Waals surface area contributed by atoms with Crippen molar-refractivity contribution in [2.75, 3.05) is 11.4 Å². The fourth-order valence-corrected chi connectivity index (χ4v) is 1.84. The molecule has 2 rings (SSSR count). The summed E-state index contributed by atoms with van der Waals surface area (Å²) in [4.78, 5) is 21.7. The maximum Gasteiger partial charge on any atom is 0.161 e. The van der Waals surface area contributed by atoms with E-state index in [4.69, 9.17) is 0 Å². The second kappa shape index (κ2) is 6.09. The van der Waals surface area contributed by atoms with E-state index >= 15 is 0 Å². The van der Waals surface area contributed by atoms with Crippen LogP contribution in [0.5, 0.6) is 0 Å². The number of anilines is 1. The summed E-state index contributed by atoms with van der Waals surface area (Å²) < 4.78 is 0. The van der Waals surface area contributed by atoms with Crippen molar-refractivity contribution in [3.05, 3.63) is 54.0 Å². The van der Waals surface area contributed by atoms with Gasteiger partial charge in [-0.1, -0.05) is 0 Å². The Balaban J connectivity index is 2.15. The summed E-state index contributed by atoms with van der Waals surface area (Å²) in [5, 5.41) is 0. The minimum atomic E-state index is 0.0382. The van der Waals surface area contributed by atoms with Crippen molar-refractivity contribution in [1.82, 2.24) is 9.97 Å². The molecule has 0 N–H and O–H groups in total. The normalized spacial score (nSPS) is 10.2. The highest BCUT2D eigenvalue weighted by Gasteiger charge is 2.07. The minimum Gasteiger partial charge on any atom is -0.353 e. The third-order valence-corrected chi connectivity index (χ3v) is 2.98. The Morgan fingerprint density at radius 2 is 1.95 bits per heavy atom. The molecule has 4 heteroatoms. The van der Waals surface area contributed by atoms with Gasteiger partial charge >= 0.3 is 0 Å². The quantitative estimate of drug-likeness (QED) is 0.771. The van der Waals surface area contributed by atoms with Crippen LogP contribution in [0, 0.1) is 0 Å². The first-order valence-corrected chi connectivity index (χ1v) is 6.31. The van der Waals surface area contributed by atoms with Gasteiger partial charge in [-0.3, -0.25) is 9.78 Å². The molecule has 0 saturated heterocycles. The van der Waals surface area contributed by atoms with Gasteiger partial charge < -0.3 is 4.90 Å². The number of aromatic nitrogens is 2. The van der Waals surface area contributed by atoms with E-state index < -0.39 is 0 Å². The van der Waals surface area contributed by atoms with Gasteiger partial charge in [-0.15, -0.1) is 0 Å². The zero-order chi connectivity index (χ0) is 13.7. The van der Waals surface area contributed by atoms with E-state index in [0.29, 0.717) is 5.56 Å². The average Bonchev–Trinajstić information content (AvgIpc) is 2.46. The van der Waals surface area contributed by atoms with E-state index in [1.165, 1.54) is 5.56 Å². The van der Waals surface area contributed by atoms with Crippen molar-refractivity contribution in [1.29, 1.82) is 0 Å². The van der Waals surface area contributed by atoms with Crippen LogP contribution in [0.1, 0.15) is 29.8 Å². The van der Waals surface area contributed by atoms with Crippen LogP contribution in [0.15, 0.2) is 42.9 Å². The molecule has 4 nitrogen and oxygen atoms in total. The molecule has 0 aliphatic rings. The van der Waals surface area contributed by atoms with Gasteiger partial charge in [0.15, 0.2) is 5.78 Å². The van der Waals surface area contributed by atoms with Crippen molar-refractivity contribution in [2.45, 2.75) is 20.4 Å². The highest BCUT2D eigenvalue weighted by atomic mass is 16.1. The van der Waals surface area contributed by atoms with E-state index in [0.717, 1.165) is 18.9 Å². The van der Waals surface area contributed by atoms with Gasteiger partial charge in [0.25, 0.3) is 0 Å². The highest BCUT2D eigenvalue weighted by molar-refractivity contribution is 5.93. The number of hydrogen-bond acceptors (Lipinski definition) is 4. The predicted octanol–water partition coefficient (Wildman–Crippen LogP) is 2.71. The molecule has 2 aromatic heterocycles. The molecular weight excluding hydrogens is 238 g/mol. The van der Waals surface area contributed by atoms with E-state index in [1.54, 1.807) is 25.5 Å². The SMILES string of the molecule is CCN(Cc1ccncc1)c1ccc(C(C)=O)cn1. The fourth-order valence-electron chi connectivity index (χ4n) is 1.84.